The standard InChI is InChI=1S/C25H30ClN9/c1-19-13-28-24(30-21-14-29-32(2)16-21)31-23(19)34-17-25(18-34,7-8-27)35-11-9-33(10-12-35)15-20-5-3-4-6-22(20)26/h3-6,13-14,16H,7,9-12,15,17-18H2,1-2H3,(H,28,30,31). The number of aryl methyl sites for hydroxylation is 2. The van der Waals surface area contributed by atoms with E-state index in [-0.39, 0.29) is 5.54 Å². The van der Waals surface area contributed by atoms with E-state index in [1.165, 1.54) is 5.56 Å². The number of hydrogen-bond acceptors (Lipinski definition) is 8. The molecule has 3 aromatic rings. The second kappa shape index (κ2) is 9.82. The molecule has 1 aromatic carbocycles. The summed E-state index contributed by atoms with van der Waals surface area (Å²) in [7, 11) is 1.87. The molecule has 2 saturated heterocycles. The summed E-state index contributed by atoms with van der Waals surface area (Å²) in [6.07, 6.45) is 5.99. The maximum atomic E-state index is 9.63. The van der Waals surface area contributed by atoms with E-state index >= 15 is 0 Å². The van der Waals surface area contributed by atoms with Crippen LogP contribution in [0.5, 0.6) is 0 Å². The molecular weight excluding hydrogens is 462 g/mol. The summed E-state index contributed by atoms with van der Waals surface area (Å²) in [5.74, 6) is 1.46. The number of anilines is 3. The van der Waals surface area contributed by atoms with E-state index in [4.69, 9.17) is 16.6 Å². The number of rotatable bonds is 7. The van der Waals surface area contributed by atoms with Gasteiger partial charge in [0.2, 0.25) is 5.95 Å². The summed E-state index contributed by atoms with van der Waals surface area (Å²) in [5.41, 5.74) is 2.90. The van der Waals surface area contributed by atoms with Crippen LogP contribution in [0.4, 0.5) is 17.5 Å². The molecular formula is C25H30ClN9. The second-order valence-electron chi connectivity index (χ2n) is 9.50. The Morgan fingerprint density at radius 2 is 1.91 bits per heavy atom. The van der Waals surface area contributed by atoms with Crippen LogP contribution in [-0.4, -0.2) is 74.4 Å². The summed E-state index contributed by atoms with van der Waals surface area (Å²) in [5, 5.41) is 17.9. The molecule has 9 nitrogen and oxygen atoms in total. The van der Waals surface area contributed by atoms with Crippen LogP contribution in [0, 0.1) is 18.3 Å². The lowest BCUT2D eigenvalue weighted by atomic mass is 9.83. The lowest BCUT2D eigenvalue weighted by Crippen LogP contribution is -2.72. The molecule has 0 unspecified atom stereocenters. The van der Waals surface area contributed by atoms with Crippen molar-refractivity contribution in [2.45, 2.75) is 25.4 Å². The molecule has 0 amide bonds. The van der Waals surface area contributed by atoms with E-state index < -0.39 is 0 Å². The first-order valence-electron chi connectivity index (χ1n) is 11.9. The van der Waals surface area contributed by atoms with Crippen LogP contribution in [0.2, 0.25) is 5.02 Å². The van der Waals surface area contributed by atoms with Gasteiger partial charge in [-0.2, -0.15) is 15.3 Å². The first-order chi connectivity index (χ1) is 17.0. The number of nitrogens with zero attached hydrogens (tertiary/aromatic N) is 8. The fourth-order valence-corrected chi connectivity index (χ4v) is 5.26. The fraction of sp³-hybridized carbons (Fsp3) is 0.440. The van der Waals surface area contributed by atoms with Crippen LogP contribution in [0.1, 0.15) is 17.5 Å². The van der Waals surface area contributed by atoms with Gasteiger partial charge in [0.25, 0.3) is 0 Å². The van der Waals surface area contributed by atoms with Crippen molar-refractivity contribution in [1.82, 2.24) is 29.5 Å². The zero-order chi connectivity index (χ0) is 24.4. The Labute approximate surface area is 210 Å². The highest BCUT2D eigenvalue weighted by atomic mass is 35.5. The largest absolute Gasteiger partial charge is 0.352 e. The zero-order valence-corrected chi connectivity index (χ0v) is 20.9. The van der Waals surface area contributed by atoms with Gasteiger partial charge in [-0.1, -0.05) is 29.8 Å². The second-order valence-corrected chi connectivity index (χ2v) is 9.91. The van der Waals surface area contributed by atoms with E-state index in [9.17, 15) is 5.26 Å². The van der Waals surface area contributed by atoms with Crippen molar-refractivity contribution in [3.8, 4) is 6.07 Å². The molecule has 1 N–H and O–H groups in total. The molecule has 2 aromatic heterocycles. The fourth-order valence-electron chi connectivity index (χ4n) is 5.06. The number of nitriles is 1. The lowest BCUT2D eigenvalue weighted by molar-refractivity contribution is 0.0130. The smallest absolute Gasteiger partial charge is 0.229 e. The highest BCUT2D eigenvalue weighted by molar-refractivity contribution is 6.31. The third-order valence-corrected chi connectivity index (χ3v) is 7.35. The summed E-state index contributed by atoms with van der Waals surface area (Å²) >= 11 is 6.36. The van der Waals surface area contributed by atoms with Crippen LogP contribution in [0.3, 0.4) is 0 Å². The molecule has 0 radical (unpaired) electrons. The van der Waals surface area contributed by atoms with Gasteiger partial charge in [0, 0.05) is 75.8 Å². The quantitative estimate of drug-likeness (QED) is 0.539. The molecule has 4 heterocycles. The van der Waals surface area contributed by atoms with Crippen molar-refractivity contribution >= 4 is 29.1 Å². The molecule has 0 aliphatic carbocycles. The van der Waals surface area contributed by atoms with E-state index in [2.05, 4.69) is 42.2 Å². The minimum Gasteiger partial charge on any atom is -0.352 e. The van der Waals surface area contributed by atoms with Gasteiger partial charge in [-0.05, 0) is 18.6 Å². The Morgan fingerprint density at radius 1 is 1.14 bits per heavy atom. The molecule has 2 aliphatic rings. The molecule has 2 aliphatic heterocycles. The van der Waals surface area contributed by atoms with Crippen LogP contribution < -0.4 is 10.2 Å². The van der Waals surface area contributed by atoms with Crippen LogP contribution in [0.15, 0.2) is 42.9 Å². The van der Waals surface area contributed by atoms with Crippen molar-refractivity contribution in [2.75, 3.05) is 49.5 Å². The maximum Gasteiger partial charge on any atom is 0.229 e. The molecule has 10 heteroatoms. The average Bonchev–Trinajstić information content (AvgIpc) is 3.24. The Balaban J connectivity index is 1.23. The average molecular weight is 492 g/mol. The number of piperazine rings is 1. The molecule has 0 saturated carbocycles. The Bertz CT molecular complexity index is 1220. The van der Waals surface area contributed by atoms with E-state index in [0.717, 1.165) is 67.9 Å². The van der Waals surface area contributed by atoms with Crippen LogP contribution in [-0.2, 0) is 13.6 Å². The summed E-state index contributed by atoms with van der Waals surface area (Å²) in [6.45, 7) is 8.27. The molecule has 0 bridgehead atoms. The highest BCUT2D eigenvalue weighted by Crippen LogP contribution is 2.36. The SMILES string of the molecule is Cc1cnc(Nc2cnn(C)c2)nc1N1CC(CC#N)(N2CCN(Cc3ccccc3Cl)CC2)C1. The molecule has 5 rings (SSSR count). The molecule has 0 atom stereocenters. The van der Waals surface area contributed by atoms with Crippen molar-refractivity contribution in [2.24, 2.45) is 7.05 Å². The van der Waals surface area contributed by atoms with Gasteiger partial charge in [-0.25, -0.2) is 4.98 Å². The van der Waals surface area contributed by atoms with Gasteiger partial charge in [0.15, 0.2) is 0 Å². The third kappa shape index (κ3) is 4.96. The van der Waals surface area contributed by atoms with Crippen LogP contribution in [0.25, 0.3) is 0 Å². The first-order valence-corrected chi connectivity index (χ1v) is 12.3. The summed E-state index contributed by atoms with van der Waals surface area (Å²) in [4.78, 5) is 16.4. The van der Waals surface area contributed by atoms with Gasteiger partial charge in [0.05, 0.1) is 29.9 Å². The van der Waals surface area contributed by atoms with Crippen molar-refractivity contribution in [3.63, 3.8) is 0 Å². The molecule has 2 fully saturated rings. The van der Waals surface area contributed by atoms with E-state index in [1.807, 2.05) is 44.6 Å². The molecule has 35 heavy (non-hydrogen) atoms. The van der Waals surface area contributed by atoms with E-state index in [1.54, 1.807) is 10.9 Å². The topological polar surface area (TPSA) is 89.1 Å². The van der Waals surface area contributed by atoms with Crippen molar-refractivity contribution in [1.29, 1.82) is 5.26 Å². The highest BCUT2D eigenvalue weighted by Gasteiger charge is 2.49. The minimum absolute atomic E-state index is 0.139. The number of hydrogen-bond donors (Lipinski definition) is 1. The lowest BCUT2D eigenvalue weighted by Gasteiger charge is -2.57. The number of halogens is 1. The monoisotopic (exact) mass is 491 g/mol. The summed E-state index contributed by atoms with van der Waals surface area (Å²) in [6, 6.07) is 10.5. The third-order valence-electron chi connectivity index (χ3n) is 6.98. The van der Waals surface area contributed by atoms with E-state index in [0.29, 0.717) is 12.4 Å². The van der Waals surface area contributed by atoms with Gasteiger partial charge >= 0.3 is 0 Å². The zero-order valence-electron chi connectivity index (χ0n) is 20.2. The predicted molar refractivity (Wildman–Crippen MR) is 137 cm³/mol. The Morgan fingerprint density at radius 3 is 2.60 bits per heavy atom. The summed E-state index contributed by atoms with van der Waals surface area (Å²) < 4.78 is 1.73. The Hall–Kier alpha value is -3.19. The van der Waals surface area contributed by atoms with Gasteiger partial charge < -0.3 is 10.2 Å². The van der Waals surface area contributed by atoms with Crippen molar-refractivity contribution in [3.05, 3.63) is 59.0 Å². The number of aromatic nitrogens is 4. The first kappa shape index (κ1) is 23.5. The minimum atomic E-state index is -0.139. The normalized spacial score (nSPS) is 18.2. The van der Waals surface area contributed by atoms with Gasteiger partial charge in [-0.3, -0.25) is 14.5 Å². The number of nitrogens with one attached hydrogen (secondary N) is 1. The molecule has 182 valence electrons. The predicted octanol–water partition coefficient (Wildman–Crippen LogP) is 3.21. The van der Waals surface area contributed by atoms with Gasteiger partial charge in [0.1, 0.15) is 5.82 Å². The van der Waals surface area contributed by atoms with Crippen molar-refractivity contribution < 1.29 is 0 Å². The Kier molecular flexibility index (Phi) is 6.60. The molecule has 0 spiro atoms. The number of benzene rings is 1. The van der Waals surface area contributed by atoms with Crippen LogP contribution >= 0.6 is 11.6 Å². The maximum absolute atomic E-state index is 9.63. The van der Waals surface area contributed by atoms with Gasteiger partial charge in [-0.15, -0.1) is 0 Å².